The Morgan fingerprint density at radius 1 is 1.55 bits per heavy atom. The highest BCUT2D eigenvalue weighted by molar-refractivity contribution is 7.14. The Labute approximate surface area is 126 Å². The lowest BCUT2D eigenvalue weighted by molar-refractivity contribution is 0.100. The third-order valence-electron chi connectivity index (χ3n) is 3.93. The Bertz CT molecular complexity index is 693. The van der Waals surface area contributed by atoms with Gasteiger partial charge in [0.2, 0.25) is 0 Å². The molecule has 20 heavy (non-hydrogen) atoms. The van der Waals surface area contributed by atoms with Crippen LogP contribution in [0.15, 0.2) is 22.6 Å². The van der Waals surface area contributed by atoms with Crippen molar-refractivity contribution in [3.05, 3.63) is 37.8 Å². The second kappa shape index (κ2) is 5.66. The summed E-state index contributed by atoms with van der Waals surface area (Å²) >= 11 is 3.13. The minimum absolute atomic E-state index is 0.101. The molecule has 0 aliphatic heterocycles. The van der Waals surface area contributed by atoms with Gasteiger partial charge in [0.1, 0.15) is 0 Å². The zero-order valence-electron chi connectivity index (χ0n) is 11.8. The number of nitrogens with zero attached hydrogens (tertiary/aromatic N) is 2. The SMILES string of the molecule is CC[C@H]1CCc2sc(C(=O)N=c3sccn3C)cc2C1. The lowest BCUT2D eigenvalue weighted by Gasteiger charge is -2.19. The van der Waals surface area contributed by atoms with Crippen LogP contribution in [0.3, 0.4) is 0 Å². The zero-order valence-corrected chi connectivity index (χ0v) is 13.4. The molecule has 0 bridgehead atoms. The molecule has 2 heterocycles. The number of thiazole rings is 1. The second-order valence-corrected chi connectivity index (χ2v) is 7.30. The van der Waals surface area contributed by atoms with Gasteiger partial charge in [-0.15, -0.1) is 22.7 Å². The average molecular weight is 306 g/mol. The molecule has 1 aliphatic rings. The highest BCUT2D eigenvalue weighted by Gasteiger charge is 2.21. The minimum atomic E-state index is -0.101. The van der Waals surface area contributed by atoms with E-state index in [-0.39, 0.29) is 5.91 Å². The van der Waals surface area contributed by atoms with Crippen molar-refractivity contribution in [1.82, 2.24) is 4.57 Å². The highest BCUT2D eigenvalue weighted by atomic mass is 32.1. The number of carbonyl (C=O) groups excluding carboxylic acids is 1. The van der Waals surface area contributed by atoms with Crippen molar-refractivity contribution in [3.63, 3.8) is 0 Å². The predicted molar refractivity (Wildman–Crippen MR) is 83.3 cm³/mol. The molecule has 2 aromatic rings. The Hall–Kier alpha value is -1.20. The summed E-state index contributed by atoms with van der Waals surface area (Å²) in [4.78, 5) is 19.4. The summed E-state index contributed by atoms with van der Waals surface area (Å²) in [6.45, 7) is 2.25. The molecule has 3 rings (SSSR count). The van der Waals surface area contributed by atoms with Crippen molar-refractivity contribution < 1.29 is 4.79 Å². The number of thiophene rings is 1. The summed E-state index contributed by atoms with van der Waals surface area (Å²) in [7, 11) is 1.91. The Kier molecular flexibility index (Phi) is 3.89. The van der Waals surface area contributed by atoms with Crippen molar-refractivity contribution in [2.45, 2.75) is 32.6 Å². The Morgan fingerprint density at radius 2 is 2.40 bits per heavy atom. The Morgan fingerprint density at radius 3 is 3.10 bits per heavy atom. The van der Waals surface area contributed by atoms with Crippen LogP contribution >= 0.6 is 22.7 Å². The fourth-order valence-electron chi connectivity index (χ4n) is 2.63. The van der Waals surface area contributed by atoms with Gasteiger partial charge in [-0.05, 0) is 36.8 Å². The van der Waals surface area contributed by atoms with E-state index in [9.17, 15) is 4.79 Å². The smallest absolute Gasteiger partial charge is 0.289 e. The number of hydrogen-bond acceptors (Lipinski definition) is 3. The fourth-order valence-corrected chi connectivity index (χ4v) is 4.45. The van der Waals surface area contributed by atoms with Crippen LogP contribution < -0.4 is 4.80 Å². The van der Waals surface area contributed by atoms with Gasteiger partial charge in [0.25, 0.3) is 5.91 Å². The minimum Gasteiger partial charge on any atom is -0.327 e. The van der Waals surface area contributed by atoms with E-state index in [1.807, 2.05) is 23.2 Å². The molecule has 3 nitrogen and oxygen atoms in total. The molecule has 106 valence electrons. The van der Waals surface area contributed by atoms with Crippen LogP contribution in [-0.4, -0.2) is 10.5 Å². The van der Waals surface area contributed by atoms with Gasteiger partial charge in [-0.25, -0.2) is 0 Å². The summed E-state index contributed by atoms with van der Waals surface area (Å²) in [6, 6.07) is 2.07. The van der Waals surface area contributed by atoms with E-state index in [1.165, 1.54) is 34.6 Å². The summed E-state index contributed by atoms with van der Waals surface area (Å²) in [6.07, 6.45) is 6.66. The molecule has 0 radical (unpaired) electrons. The maximum atomic E-state index is 12.3. The summed E-state index contributed by atoms with van der Waals surface area (Å²) < 4.78 is 1.88. The van der Waals surface area contributed by atoms with Crippen molar-refractivity contribution >= 4 is 28.6 Å². The van der Waals surface area contributed by atoms with Crippen LogP contribution in [0.1, 0.15) is 39.9 Å². The van der Waals surface area contributed by atoms with Crippen LogP contribution in [0.5, 0.6) is 0 Å². The molecule has 1 aliphatic carbocycles. The standard InChI is InChI=1S/C15H18N2OS2/c1-3-10-4-5-12-11(8-10)9-13(20-12)14(18)16-15-17(2)6-7-19-15/h6-7,9-10H,3-5,8H2,1-2H3/t10-/m0/s1. The third-order valence-corrected chi connectivity index (χ3v) is 6.00. The largest absolute Gasteiger partial charge is 0.327 e. The van der Waals surface area contributed by atoms with E-state index in [0.717, 1.165) is 28.4 Å². The second-order valence-electron chi connectivity index (χ2n) is 5.29. The molecule has 5 heteroatoms. The average Bonchev–Trinajstić information content (AvgIpc) is 3.04. The van der Waals surface area contributed by atoms with Crippen LogP contribution in [0.25, 0.3) is 0 Å². The number of aryl methyl sites for hydroxylation is 2. The molecule has 0 aromatic carbocycles. The molecular weight excluding hydrogens is 288 g/mol. The van der Waals surface area contributed by atoms with Crippen molar-refractivity contribution in [1.29, 1.82) is 0 Å². The molecule has 0 fully saturated rings. The Balaban J connectivity index is 1.88. The molecule has 0 N–H and O–H groups in total. The van der Waals surface area contributed by atoms with E-state index in [4.69, 9.17) is 0 Å². The molecule has 1 atom stereocenters. The van der Waals surface area contributed by atoms with E-state index in [1.54, 1.807) is 11.3 Å². The van der Waals surface area contributed by atoms with Crippen LogP contribution in [0.4, 0.5) is 0 Å². The summed E-state index contributed by atoms with van der Waals surface area (Å²) in [5.41, 5.74) is 1.38. The van der Waals surface area contributed by atoms with E-state index >= 15 is 0 Å². The van der Waals surface area contributed by atoms with E-state index in [0.29, 0.717) is 0 Å². The first kappa shape index (κ1) is 13.8. The van der Waals surface area contributed by atoms with Crippen LogP contribution in [0, 0.1) is 5.92 Å². The number of aromatic nitrogens is 1. The lowest BCUT2D eigenvalue weighted by atomic mass is 9.87. The maximum absolute atomic E-state index is 12.3. The summed E-state index contributed by atoms with van der Waals surface area (Å²) in [5, 5.41) is 1.94. The molecule has 0 saturated heterocycles. The van der Waals surface area contributed by atoms with E-state index in [2.05, 4.69) is 18.0 Å². The van der Waals surface area contributed by atoms with Gasteiger partial charge in [-0.2, -0.15) is 4.99 Å². The number of amides is 1. The van der Waals surface area contributed by atoms with Crippen molar-refractivity contribution in [3.8, 4) is 0 Å². The first-order chi connectivity index (χ1) is 9.67. The van der Waals surface area contributed by atoms with Gasteiger partial charge < -0.3 is 4.57 Å². The van der Waals surface area contributed by atoms with Gasteiger partial charge in [0, 0.05) is 23.5 Å². The van der Waals surface area contributed by atoms with Gasteiger partial charge in [-0.1, -0.05) is 13.3 Å². The molecule has 1 amide bonds. The summed E-state index contributed by atoms with van der Waals surface area (Å²) in [5.74, 6) is 0.683. The molecule has 0 saturated carbocycles. The lowest BCUT2D eigenvalue weighted by Crippen LogP contribution is -2.12. The first-order valence-corrected chi connectivity index (χ1v) is 8.67. The number of carbonyl (C=O) groups is 1. The van der Waals surface area contributed by atoms with Gasteiger partial charge in [0.05, 0.1) is 4.88 Å². The van der Waals surface area contributed by atoms with Crippen LogP contribution in [0.2, 0.25) is 0 Å². The van der Waals surface area contributed by atoms with Crippen molar-refractivity contribution in [2.75, 3.05) is 0 Å². The van der Waals surface area contributed by atoms with Gasteiger partial charge >= 0.3 is 0 Å². The molecule has 2 aromatic heterocycles. The highest BCUT2D eigenvalue weighted by Crippen LogP contribution is 2.33. The topological polar surface area (TPSA) is 34.4 Å². The molecule has 0 spiro atoms. The van der Waals surface area contributed by atoms with Gasteiger partial charge in [0.15, 0.2) is 4.80 Å². The van der Waals surface area contributed by atoms with Crippen molar-refractivity contribution in [2.24, 2.45) is 18.0 Å². The van der Waals surface area contributed by atoms with E-state index < -0.39 is 0 Å². The third kappa shape index (κ3) is 2.65. The zero-order chi connectivity index (χ0) is 14.1. The molecule has 0 unspecified atom stereocenters. The number of hydrogen-bond donors (Lipinski definition) is 0. The monoisotopic (exact) mass is 306 g/mol. The maximum Gasteiger partial charge on any atom is 0.289 e. The van der Waals surface area contributed by atoms with Crippen LogP contribution in [-0.2, 0) is 19.9 Å². The number of fused-ring (bicyclic) bond motifs is 1. The predicted octanol–water partition coefficient (Wildman–Crippen LogP) is 3.40. The first-order valence-electron chi connectivity index (χ1n) is 6.98. The quantitative estimate of drug-likeness (QED) is 0.837. The fraction of sp³-hybridized carbons (Fsp3) is 0.467. The normalized spacial score (nSPS) is 19.1. The number of rotatable bonds is 2. The van der Waals surface area contributed by atoms with Gasteiger partial charge in [-0.3, -0.25) is 4.79 Å². The molecular formula is C15H18N2OS2.